The van der Waals surface area contributed by atoms with Crippen molar-refractivity contribution in [1.82, 2.24) is 19.9 Å². The van der Waals surface area contributed by atoms with Crippen LogP contribution in [0.2, 0.25) is 0 Å². The van der Waals surface area contributed by atoms with Crippen LogP contribution in [0.15, 0.2) is 24.5 Å². The van der Waals surface area contributed by atoms with Crippen LogP contribution in [0.1, 0.15) is 5.56 Å². The Morgan fingerprint density at radius 3 is 2.74 bits per heavy atom. The van der Waals surface area contributed by atoms with Gasteiger partial charge in [0.25, 0.3) is 0 Å². The predicted molar refractivity (Wildman–Crippen MR) is 77.2 cm³/mol. The molecule has 0 radical (unpaired) electrons. The van der Waals surface area contributed by atoms with E-state index in [1.165, 1.54) is 24.5 Å². The minimum Gasteiger partial charge on any atom is -0.406 e. The number of nitrogens with one attached hydrogen (secondary N) is 2. The van der Waals surface area contributed by atoms with Crippen molar-refractivity contribution in [3.63, 3.8) is 0 Å². The number of imidazole rings is 1. The predicted octanol–water partition coefficient (Wildman–Crippen LogP) is 2.89. The highest BCUT2D eigenvalue weighted by atomic mass is 19.4. The van der Waals surface area contributed by atoms with Gasteiger partial charge in [-0.2, -0.15) is 9.97 Å². The van der Waals surface area contributed by atoms with Crippen molar-refractivity contribution in [1.29, 1.82) is 0 Å². The van der Waals surface area contributed by atoms with E-state index in [1.54, 1.807) is 6.92 Å². The number of H-pyrrole nitrogens is 1. The van der Waals surface area contributed by atoms with Crippen molar-refractivity contribution in [2.45, 2.75) is 13.3 Å². The first kappa shape index (κ1) is 14.9. The second-order valence-electron chi connectivity index (χ2n) is 4.68. The average molecular weight is 324 g/mol. The molecule has 2 heterocycles. The maximum absolute atomic E-state index is 12.2. The number of aromatic amines is 1. The number of hydrogen-bond acceptors (Lipinski definition) is 6. The van der Waals surface area contributed by atoms with Crippen molar-refractivity contribution >= 4 is 28.6 Å². The Bertz CT molecular complexity index is 861. The molecule has 0 spiro atoms. The third-order valence-corrected chi connectivity index (χ3v) is 2.99. The van der Waals surface area contributed by atoms with Crippen molar-refractivity contribution in [2.24, 2.45) is 0 Å². The molecule has 0 unspecified atom stereocenters. The number of alkyl halides is 3. The molecule has 3 aromatic rings. The molecule has 0 saturated carbocycles. The molecule has 1 aromatic carbocycles. The normalized spacial score (nSPS) is 11.7. The van der Waals surface area contributed by atoms with Gasteiger partial charge >= 0.3 is 6.36 Å². The lowest BCUT2D eigenvalue weighted by Gasteiger charge is -2.12. The minimum atomic E-state index is -4.73. The molecule has 23 heavy (non-hydrogen) atoms. The first-order chi connectivity index (χ1) is 10.8. The van der Waals surface area contributed by atoms with Gasteiger partial charge in [0.1, 0.15) is 11.3 Å². The van der Waals surface area contributed by atoms with E-state index in [0.717, 1.165) is 0 Å². The Hall–Kier alpha value is -3.04. The number of aryl methyl sites for hydroxylation is 1. The van der Waals surface area contributed by atoms with Crippen molar-refractivity contribution in [2.75, 3.05) is 11.1 Å². The average Bonchev–Trinajstić information content (AvgIpc) is 2.89. The van der Waals surface area contributed by atoms with Crippen LogP contribution in [0.4, 0.5) is 30.6 Å². The highest BCUT2D eigenvalue weighted by Crippen LogP contribution is 2.28. The molecule has 0 atom stereocenters. The van der Waals surface area contributed by atoms with Gasteiger partial charge in [0, 0.05) is 5.69 Å². The zero-order valence-corrected chi connectivity index (χ0v) is 11.8. The summed E-state index contributed by atoms with van der Waals surface area (Å²) >= 11 is 0. The molecule has 0 saturated heterocycles. The number of anilines is 3. The summed E-state index contributed by atoms with van der Waals surface area (Å²) < 4.78 is 40.5. The van der Waals surface area contributed by atoms with Gasteiger partial charge < -0.3 is 20.8 Å². The summed E-state index contributed by atoms with van der Waals surface area (Å²) in [7, 11) is 0. The van der Waals surface area contributed by atoms with Gasteiger partial charge in [-0.3, -0.25) is 0 Å². The Labute approximate surface area is 127 Å². The Morgan fingerprint density at radius 2 is 2.04 bits per heavy atom. The van der Waals surface area contributed by atoms with E-state index >= 15 is 0 Å². The highest BCUT2D eigenvalue weighted by molar-refractivity contribution is 5.82. The van der Waals surface area contributed by atoms with E-state index < -0.39 is 6.36 Å². The van der Waals surface area contributed by atoms with E-state index in [4.69, 9.17) is 5.73 Å². The number of nitrogen functional groups attached to an aromatic ring is 1. The van der Waals surface area contributed by atoms with Crippen LogP contribution in [0.25, 0.3) is 11.2 Å². The molecule has 2 aromatic heterocycles. The van der Waals surface area contributed by atoms with Gasteiger partial charge in [0.2, 0.25) is 5.95 Å². The van der Waals surface area contributed by atoms with Crippen LogP contribution in [-0.4, -0.2) is 26.3 Å². The molecule has 7 nitrogen and oxygen atoms in total. The summed E-state index contributed by atoms with van der Waals surface area (Å²) in [6.07, 6.45) is -3.29. The number of ether oxygens (including phenoxy) is 1. The fourth-order valence-corrected chi connectivity index (χ4v) is 2.01. The van der Waals surface area contributed by atoms with Crippen LogP contribution in [0.5, 0.6) is 5.75 Å². The Morgan fingerprint density at radius 1 is 1.26 bits per heavy atom. The van der Waals surface area contributed by atoms with Gasteiger partial charge in [0.15, 0.2) is 11.5 Å². The third-order valence-electron chi connectivity index (χ3n) is 2.99. The number of halogens is 3. The summed E-state index contributed by atoms with van der Waals surface area (Å²) in [6.45, 7) is 1.63. The lowest BCUT2D eigenvalue weighted by Crippen LogP contribution is -2.17. The fourth-order valence-electron chi connectivity index (χ4n) is 2.01. The summed E-state index contributed by atoms with van der Waals surface area (Å²) in [6, 6.07) is 3.89. The first-order valence-electron chi connectivity index (χ1n) is 6.42. The number of benzene rings is 1. The van der Waals surface area contributed by atoms with E-state index in [2.05, 4.69) is 30.0 Å². The zero-order chi connectivity index (χ0) is 16.6. The van der Waals surface area contributed by atoms with Gasteiger partial charge in [0.05, 0.1) is 6.33 Å². The number of hydrogen-bond donors (Lipinski definition) is 3. The SMILES string of the molecule is Cc1cc(OC(F)(F)F)ccc1Nc1nc(N)c2[nH]cnc2n1. The summed E-state index contributed by atoms with van der Waals surface area (Å²) in [5.41, 5.74) is 7.72. The number of nitrogens with two attached hydrogens (primary N) is 1. The Kier molecular flexibility index (Phi) is 3.43. The standard InChI is InChI=1S/C13H11F3N6O/c1-6-4-7(23-13(14,15)16)2-3-8(6)20-12-21-10(17)9-11(22-12)19-5-18-9/h2-5H,1H3,(H4,17,18,19,20,21,22). The molecule has 0 fully saturated rings. The van der Waals surface area contributed by atoms with Crippen LogP contribution in [0, 0.1) is 6.92 Å². The third kappa shape index (κ3) is 3.25. The monoisotopic (exact) mass is 324 g/mol. The maximum atomic E-state index is 12.2. The molecule has 3 rings (SSSR count). The van der Waals surface area contributed by atoms with E-state index in [0.29, 0.717) is 22.4 Å². The van der Waals surface area contributed by atoms with Gasteiger partial charge in [-0.15, -0.1) is 13.2 Å². The Balaban J connectivity index is 1.86. The largest absolute Gasteiger partial charge is 0.573 e. The first-order valence-corrected chi connectivity index (χ1v) is 6.42. The van der Waals surface area contributed by atoms with Gasteiger partial charge in [-0.05, 0) is 30.7 Å². The lowest BCUT2D eigenvalue weighted by atomic mass is 10.2. The molecule has 120 valence electrons. The molecule has 4 N–H and O–H groups in total. The van der Waals surface area contributed by atoms with Gasteiger partial charge in [-0.25, -0.2) is 4.98 Å². The zero-order valence-electron chi connectivity index (χ0n) is 11.8. The molecule has 0 bridgehead atoms. The molecule has 0 aliphatic rings. The van der Waals surface area contributed by atoms with Crippen LogP contribution in [-0.2, 0) is 0 Å². The lowest BCUT2D eigenvalue weighted by molar-refractivity contribution is -0.274. The smallest absolute Gasteiger partial charge is 0.406 e. The number of aromatic nitrogens is 4. The second-order valence-corrected chi connectivity index (χ2v) is 4.68. The molecule has 0 aliphatic heterocycles. The van der Waals surface area contributed by atoms with Crippen molar-refractivity contribution in [3.05, 3.63) is 30.1 Å². The summed E-state index contributed by atoms with van der Waals surface area (Å²) in [4.78, 5) is 15.0. The van der Waals surface area contributed by atoms with Gasteiger partial charge in [-0.1, -0.05) is 0 Å². The minimum absolute atomic E-state index is 0.190. The summed E-state index contributed by atoms with van der Waals surface area (Å²) in [5, 5.41) is 2.89. The van der Waals surface area contributed by atoms with Crippen LogP contribution >= 0.6 is 0 Å². The van der Waals surface area contributed by atoms with E-state index in [1.807, 2.05) is 0 Å². The molecule has 10 heteroatoms. The maximum Gasteiger partial charge on any atom is 0.573 e. The molecular formula is C13H11F3N6O. The quantitative estimate of drug-likeness (QED) is 0.685. The van der Waals surface area contributed by atoms with E-state index in [-0.39, 0.29) is 17.5 Å². The van der Waals surface area contributed by atoms with E-state index in [9.17, 15) is 13.2 Å². The number of fused-ring (bicyclic) bond motifs is 1. The number of rotatable bonds is 3. The van der Waals surface area contributed by atoms with Crippen LogP contribution in [0.3, 0.4) is 0 Å². The molecular weight excluding hydrogens is 313 g/mol. The second kappa shape index (κ2) is 5.30. The molecule has 0 amide bonds. The van der Waals surface area contributed by atoms with Crippen molar-refractivity contribution < 1.29 is 17.9 Å². The highest BCUT2D eigenvalue weighted by Gasteiger charge is 2.31. The summed E-state index contributed by atoms with van der Waals surface area (Å²) in [5.74, 6) is 0.100. The fraction of sp³-hybridized carbons (Fsp3) is 0.154. The van der Waals surface area contributed by atoms with Crippen molar-refractivity contribution in [3.8, 4) is 5.75 Å². The topological polar surface area (TPSA) is 102 Å². The number of nitrogens with zero attached hydrogens (tertiary/aromatic N) is 3. The van der Waals surface area contributed by atoms with Crippen LogP contribution < -0.4 is 15.8 Å². The molecule has 0 aliphatic carbocycles.